The first-order valence-electron chi connectivity index (χ1n) is 7.76. The highest BCUT2D eigenvalue weighted by Gasteiger charge is 2.41. The molecule has 1 amide bonds. The Morgan fingerprint density at radius 3 is 2.87 bits per heavy atom. The molecule has 1 atom stereocenters. The maximum absolute atomic E-state index is 11.5. The molecule has 2 aromatic heterocycles. The average Bonchev–Trinajstić information content (AvgIpc) is 3.07. The van der Waals surface area contributed by atoms with Gasteiger partial charge in [0.05, 0.1) is 17.6 Å². The van der Waals surface area contributed by atoms with E-state index in [4.69, 9.17) is 5.73 Å². The number of hydrogen-bond donors (Lipinski definition) is 1. The van der Waals surface area contributed by atoms with Crippen LogP contribution in [0.5, 0.6) is 0 Å². The summed E-state index contributed by atoms with van der Waals surface area (Å²) in [7, 11) is 1.99. The van der Waals surface area contributed by atoms with Crippen LogP contribution in [-0.2, 0) is 19.1 Å². The lowest BCUT2D eigenvalue weighted by atomic mass is 9.97. The van der Waals surface area contributed by atoms with E-state index in [1.165, 1.54) is 0 Å². The molecule has 7 heteroatoms. The zero-order valence-electron chi connectivity index (χ0n) is 13.8. The molecule has 23 heavy (non-hydrogen) atoms. The van der Waals surface area contributed by atoms with Gasteiger partial charge in [0.2, 0.25) is 0 Å². The molecule has 122 valence electrons. The van der Waals surface area contributed by atoms with E-state index < -0.39 is 5.91 Å². The molecule has 1 aliphatic rings. The number of nitrogens with two attached hydrogens (primary N) is 1. The van der Waals surface area contributed by atoms with Crippen molar-refractivity contribution in [1.29, 1.82) is 0 Å². The fourth-order valence-corrected chi connectivity index (χ4v) is 3.19. The van der Waals surface area contributed by atoms with Crippen LogP contribution in [0.2, 0.25) is 0 Å². The van der Waals surface area contributed by atoms with Gasteiger partial charge in [0.1, 0.15) is 11.5 Å². The number of rotatable bonds is 4. The molecule has 1 saturated heterocycles. The summed E-state index contributed by atoms with van der Waals surface area (Å²) in [5, 5.41) is 0. The Labute approximate surface area is 135 Å². The highest BCUT2D eigenvalue weighted by Crippen LogP contribution is 2.37. The Bertz CT molecular complexity index is 740. The molecule has 1 unspecified atom stereocenters. The third-order valence-electron chi connectivity index (χ3n) is 4.65. The molecule has 0 saturated carbocycles. The number of aryl methyl sites for hydroxylation is 2. The number of likely N-dealkylation sites (tertiary alicyclic amines) is 1. The highest BCUT2D eigenvalue weighted by atomic mass is 16.1. The highest BCUT2D eigenvalue weighted by molar-refractivity contribution is 5.90. The molecule has 0 spiro atoms. The van der Waals surface area contributed by atoms with Crippen molar-refractivity contribution < 1.29 is 4.79 Å². The van der Waals surface area contributed by atoms with Gasteiger partial charge < -0.3 is 10.3 Å². The molecule has 0 aromatic carbocycles. The lowest BCUT2D eigenvalue weighted by Crippen LogP contribution is -2.40. The molecule has 0 aliphatic carbocycles. The Balaban J connectivity index is 1.96. The first kappa shape index (κ1) is 15.6. The number of aromatic nitrogens is 4. The predicted molar refractivity (Wildman–Crippen MR) is 85.5 cm³/mol. The van der Waals surface area contributed by atoms with Gasteiger partial charge in [0.15, 0.2) is 0 Å². The predicted octanol–water partition coefficient (Wildman–Crippen LogP) is 1.13. The third-order valence-corrected chi connectivity index (χ3v) is 4.65. The smallest absolute Gasteiger partial charge is 0.267 e. The Morgan fingerprint density at radius 1 is 1.43 bits per heavy atom. The molecule has 3 rings (SSSR count). The molecule has 1 aliphatic heterocycles. The number of hydrogen-bond acceptors (Lipinski definition) is 5. The van der Waals surface area contributed by atoms with Gasteiger partial charge in [-0.05, 0) is 39.3 Å². The molecule has 7 nitrogen and oxygen atoms in total. The topological polar surface area (TPSA) is 89.9 Å². The van der Waals surface area contributed by atoms with Crippen LogP contribution in [0.4, 0.5) is 0 Å². The Hall–Kier alpha value is -2.28. The average molecular weight is 314 g/mol. The van der Waals surface area contributed by atoms with Crippen LogP contribution in [0.1, 0.15) is 47.5 Å². The molecular formula is C16H22N6O. The van der Waals surface area contributed by atoms with E-state index >= 15 is 0 Å². The summed E-state index contributed by atoms with van der Waals surface area (Å²) in [6.07, 6.45) is 5.70. The zero-order valence-corrected chi connectivity index (χ0v) is 13.8. The fraction of sp³-hybridized carbons (Fsp3) is 0.500. The first-order chi connectivity index (χ1) is 10.9. The van der Waals surface area contributed by atoms with Crippen LogP contribution in [0.15, 0.2) is 18.6 Å². The maximum atomic E-state index is 11.5. The van der Waals surface area contributed by atoms with Crippen LogP contribution < -0.4 is 5.73 Å². The molecule has 1 fully saturated rings. The molecule has 0 bridgehead atoms. The second-order valence-electron chi connectivity index (χ2n) is 6.38. The van der Waals surface area contributed by atoms with Crippen LogP contribution in [0.25, 0.3) is 0 Å². The van der Waals surface area contributed by atoms with E-state index in [0.717, 1.165) is 37.3 Å². The van der Waals surface area contributed by atoms with Gasteiger partial charge in [-0.3, -0.25) is 9.69 Å². The molecule has 2 N–H and O–H groups in total. The summed E-state index contributed by atoms with van der Waals surface area (Å²) < 4.78 is 2.02. The van der Waals surface area contributed by atoms with Crippen molar-refractivity contribution in [1.82, 2.24) is 24.4 Å². The van der Waals surface area contributed by atoms with Gasteiger partial charge in [0.25, 0.3) is 5.91 Å². The minimum atomic E-state index is -0.517. The lowest BCUT2D eigenvalue weighted by Gasteiger charge is -2.34. The van der Waals surface area contributed by atoms with E-state index in [9.17, 15) is 4.79 Å². The number of carbonyl (C=O) groups is 1. The van der Waals surface area contributed by atoms with E-state index in [1.54, 1.807) is 12.4 Å². The monoisotopic (exact) mass is 314 g/mol. The molecular weight excluding hydrogens is 292 g/mol. The van der Waals surface area contributed by atoms with Crippen molar-refractivity contribution in [2.45, 2.75) is 38.8 Å². The second kappa shape index (κ2) is 5.73. The van der Waals surface area contributed by atoms with E-state index in [-0.39, 0.29) is 11.2 Å². The number of primary amides is 1. The van der Waals surface area contributed by atoms with Gasteiger partial charge in [-0.1, -0.05) is 0 Å². The molecule has 3 heterocycles. The normalized spacial score (nSPS) is 21.7. The van der Waals surface area contributed by atoms with Crippen molar-refractivity contribution in [2.75, 3.05) is 6.54 Å². The van der Waals surface area contributed by atoms with Crippen molar-refractivity contribution in [3.63, 3.8) is 0 Å². The van der Waals surface area contributed by atoms with Crippen LogP contribution in [0, 0.1) is 6.92 Å². The van der Waals surface area contributed by atoms with E-state index in [2.05, 4.69) is 26.8 Å². The SMILES string of the molecule is Cc1cc(C(N)=O)nc(C2(C)CCCN2Cc2cncn2C)n1. The maximum Gasteiger partial charge on any atom is 0.267 e. The minimum absolute atomic E-state index is 0.279. The fourth-order valence-electron chi connectivity index (χ4n) is 3.19. The minimum Gasteiger partial charge on any atom is -0.364 e. The summed E-state index contributed by atoms with van der Waals surface area (Å²) in [4.78, 5) is 27.1. The van der Waals surface area contributed by atoms with Gasteiger partial charge in [-0.25, -0.2) is 15.0 Å². The first-order valence-corrected chi connectivity index (χ1v) is 7.76. The van der Waals surface area contributed by atoms with E-state index in [1.807, 2.05) is 24.7 Å². The third kappa shape index (κ3) is 2.84. The Kier molecular flexibility index (Phi) is 3.89. The van der Waals surface area contributed by atoms with Gasteiger partial charge in [0, 0.05) is 25.5 Å². The number of imidazole rings is 1. The number of nitrogens with zero attached hydrogens (tertiary/aromatic N) is 5. The van der Waals surface area contributed by atoms with Crippen molar-refractivity contribution in [2.24, 2.45) is 12.8 Å². The summed E-state index contributed by atoms with van der Waals surface area (Å²) in [6, 6.07) is 1.63. The summed E-state index contributed by atoms with van der Waals surface area (Å²) in [6.45, 7) is 5.73. The van der Waals surface area contributed by atoms with Crippen LogP contribution in [0.3, 0.4) is 0 Å². The lowest BCUT2D eigenvalue weighted by molar-refractivity contribution is 0.0991. The summed E-state index contributed by atoms with van der Waals surface area (Å²) in [5.74, 6) is 0.155. The van der Waals surface area contributed by atoms with Crippen LogP contribution in [-0.4, -0.2) is 36.9 Å². The van der Waals surface area contributed by atoms with Crippen LogP contribution >= 0.6 is 0 Å². The second-order valence-corrected chi connectivity index (χ2v) is 6.38. The zero-order chi connectivity index (χ0) is 16.6. The van der Waals surface area contributed by atoms with Gasteiger partial charge >= 0.3 is 0 Å². The van der Waals surface area contributed by atoms with Gasteiger partial charge in [-0.2, -0.15) is 0 Å². The van der Waals surface area contributed by atoms with Crippen molar-refractivity contribution in [3.05, 3.63) is 41.5 Å². The molecule has 0 radical (unpaired) electrons. The number of carbonyl (C=O) groups excluding carboxylic acids is 1. The Morgan fingerprint density at radius 2 is 2.22 bits per heavy atom. The van der Waals surface area contributed by atoms with Crippen molar-refractivity contribution in [3.8, 4) is 0 Å². The quantitative estimate of drug-likeness (QED) is 0.913. The number of amides is 1. The van der Waals surface area contributed by atoms with Crippen molar-refractivity contribution >= 4 is 5.91 Å². The standard InChI is InChI=1S/C16H22N6O/c1-11-7-13(14(17)23)20-15(19-11)16(2)5-4-6-22(16)9-12-8-18-10-21(12)3/h7-8,10H,4-6,9H2,1-3H3,(H2,17,23). The summed E-state index contributed by atoms with van der Waals surface area (Å²) >= 11 is 0. The summed E-state index contributed by atoms with van der Waals surface area (Å²) in [5.41, 5.74) is 7.28. The van der Waals surface area contributed by atoms with E-state index in [0.29, 0.717) is 5.82 Å². The van der Waals surface area contributed by atoms with Gasteiger partial charge in [-0.15, -0.1) is 0 Å². The largest absolute Gasteiger partial charge is 0.364 e. The molecule has 2 aromatic rings.